The highest BCUT2D eigenvalue weighted by molar-refractivity contribution is 5.47. The summed E-state index contributed by atoms with van der Waals surface area (Å²) in [6.07, 6.45) is 2.29. The van der Waals surface area contributed by atoms with Crippen molar-refractivity contribution in [1.82, 2.24) is 14.8 Å². The van der Waals surface area contributed by atoms with Crippen LogP contribution >= 0.6 is 0 Å². The molecule has 25 heavy (non-hydrogen) atoms. The standard InChI is InChI=1S/C18H15FN4O2/c19-13-4-1-11(2-5-13)15-8-14(22-18-20-9-21-23(15)18)12-3-6-16-17(7-12)25-10-24-16/h1-7,9,14-15H,8,10H2,(H,20,21,22)/t14-,15+/m0/s1. The molecule has 5 rings (SSSR count). The number of anilines is 1. The van der Waals surface area contributed by atoms with Gasteiger partial charge in [0.25, 0.3) is 0 Å². The van der Waals surface area contributed by atoms with Crippen LogP contribution in [0.1, 0.15) is 29.6 Å². The van der Waals surface area contributed by atoms with Crippen molar-refractivity contribution >= 4 is 5.95 Å². The molecule has 6 nitrogen and oxygen atoms in total. The molecule has 0 amide bonds. The highest BCUT2D eigenvalue weighted by Crippen LogP contribution is 2.40. The molecular formula is C18H15FN4O2. The second kappa shape index (κ2) is 5.47. The summed E-state index contributed by atoms with van der Waals surface area (Å²) in [5, 5.41) is 7.74. The number of aromatic nitrogens is 3. The zero-order valence-corrected chi connectivity index (χ0v) is 13.2. The molecule has 2 atom stereocenters. The second-order valence-electron chi connectivity index (χ2n) is 6.14. The normalized spacial score (nSPS) is 20.8. The number of benzene rings is 2. The monoisotopic (exact) mass is 338 g/mol. The van der Waals surface area contributed by atoms with Crippen molar-refractivity contribution in [1.29, 1.82) is 0 Å². The van der Waals surface area contributed by atoms with Crippen LogP contribution in [0.25, 0.3) is 0 Å². The Morgan fingerprint density at radius 3 is 2.72 bits per heavy atom. The van der Waals surface area contributed by atoms with Gasteiger partial charge in [0.1, 0.15) is 12.1 Å². The smallest absolute Gasteiger partial charge is 0.231 e. The van der Waals surface area contributed by atoms with E-state index >= 15 is 0 Å². The van der Waals surface area contributed by atoms with Gasteiger partial charge in [-0.1, -0.05) is 18.2 Å². The van der Waals surface area contributed by atoms with Crippen molar-refractivity contribution in [2.45, 2.75) is 18.5 Å². The lowest BCUT2D eigenvalue weighted by Crippen LogP contribution is -2.28. The molecule has 0 saturated heterocycles. The molecule has 2 aromatic carbocycles. The van der Waals surface area contributed by atoms with Gasteiger partial charge in [-0.15, -0.1) is 0 Å². The van der Waals surface area contributed by atoms with E-state index in [4.69, 9.17) is 9.47 Å². The van der Waals surface area contributed by atoms with Gasteiger partial charge in [-0.05, 0) is 41.8 Å². The highest BCUT2D eigenvalue weighted by atomic mass is 19.1. The van der Waals surface area contributed by atoms with E-state index in [1.165, 1.54) is 18.5 Å². The second-order valence-corrected chi connectivity index (χ2v) is 6.14. The maximum Gasteiger partial charge on any atom is 0.231 e. The van der Waals surface area contributed by atoms with Crippen molar-refractivity contribution in [3.8, 4) is 11.5 Å². The van der Waals surface area contributed by atoms with Crippen LogP contribution in [0.3, 0.4) is 0 Å². The Morgan fingerprint density at radius 2 is 1.84 bits per heavy atom. The van der Waals surface area contributed by atoms with Crippen LogP contribution in [0.2, 0.25) is 0 Å². The van der Waals surface area contributed by atoms with E-state index in [-0.39, 0.29) is 24.7 Å². The lowest BCUT2D eigenvalue weighted by molar-refractivity contribution is 0.174. The maximum absolute atomic E-state index is 13.3. The number of hydrogen-bond acceptors (Lipinski definition) is 5. The lowest BCUT2D eigenvalue weighted by Gasteiger charge is -2.31. The first kappa shape index (κ1) is 14.3. The minimum Gasteiger partial charge on any atom is -0.454 e. The minimum atomic E-state index is -0.246. The molecule has 0 unspecified atom stereocenters. The topological polar surface area (TPSA) is 61.2 Å². The third-order valence-corrected chi connectivity index (χ3v) is 4.68. The van der Waals surface area contributed by atoms with E-state index in [1.54, 1.807) is 12.1 Å². The Kier molecular flexibility index (Phi) is 3.12. The number of hydrogen-bond donors (Lipinski definition) is 1. The van der Waals surface area contributed by atoms with Crippen LogP contribution in [0.5, 0.6) is 11.5 Å². The van der Waals surface area contributed by atoms with E-state index in [1.807, 2.05) is 22.9 Å². The van der Waals surface area contributed by atoms with Gasteiger partial charge in [-0.3, -0.25) is 0 Å². The molecule has 2 aliphatic rings. The number of rotatable bonds is 2. The van der Waals surface area contributed by atoms with Crippen molar-refractivity contribution in [2.24, 2.45) is 0 Å². The fraction of sp³-hybridized carbons (Fsp3) is 0.222. The van der Waals surface area contributed by atoms with Crippen LogP contribution < -0.4 is 14.8 Å². The summed E-state index contributed by atoms with van der Waals surface area (Å²) in [6.45, 7) is 0.253. The molecule has 3 aromatic rings. The van der Waals surface area contributed by atoms with Crippen molar-refractivity contribution in [3.63, 3.8) is 0 Å². The van der Waals surface area contributed by atoms with Gasteiger partial charge >= 0.3 is 0 Å². The summed E-state index contributed by atoms with van der Waals surface area (Å²) < 4.78 is 26.0. The summed E-state index contributed by atoms with van der Waals surface area (Å²) >= 11 is 0. The fourth-order valence-electron chi connectivity index (χ4n) is 3.43. The average molecular weight is 338 g/mol. The molecule has 2 aliphatic heterocycles. The van der Waals surface area contributed by atoms with Crippen LogP contribution in [-0.2, 0) is 0 Å². The summed E-state index contributed by atoms with van der Waals surface area (Å²) in [5.41, 5.74) is 2.09. The number of nitrogens with one attached hydrogen (secondary N) is 1. The first-order chi connectivity index (χ1) is 12.3. The molecule has 0 aliphatic carbocycles. The quantitative estimate of drug-likeness (QED) is 0.777. The Morgan fingerprint density at radius 1 is 1.04 bits per heavy atom. The molecule has 0 saturated carbocycles. The van der Waals surface area contributed by atoms with Crippen molar-refractivity contribution < 1.29 is 13.9 Å². The van der Waals surface area contributed by atoms with Crippen molar-refractivity contribution in [2.75, 3.05) is 12.1 Å². The largest absolute Gasteiger partial charge is 0.454 e. The van der Waals surface area contributed by atoms with Crippen LogP contribution in [0, 0.1) is 5.82 Å². The van der Waals surface area contributed by atoms with Gasteiger partial charge in [0, 0.05) is 0 Å². The summed E-state index contributed by atoms with van der Waals surface area (Å²) in [4.78, 5) is 4.31. The van der Waals surface area contributed by atoms with Gasteiger partial charge in [0.2, 0.25) is 12.7 Å². The zero-order chi connectivity index (χ0) is 16.8. The summed E-state index contributed by atoms with van der Waals surface area (Å²) in [6, 6.07) is 12.5. The first-order valence-corrected chi connectivity index (χ1v) is 8.09. The van der Waals surface area contributed by atoms with Crippen LogP contribution in [-0.4, -0.2) is 21.6 Å². The molecule has 3 heterocycles. The average Bonchev–Trinajstić information content (AvgIpc) is 3.29. The fourth-order valence-corrected chi connectivity index (χ4v) is 3.43. The zero-order valence-electron chi connectivity index (χ0n) is 13.2. The molecular weight excluding hydrogens is 323 g/mol. The Balaban J connectivity index is 1.52. The van der Waals surface area contributed by atoms with Gasteiger partial charge < -0.3 is 14.8 Å². The Labute approximate surface area is 143 Å². The number of halogens is 1. The van der Waals surface area contributed by atoms with Gasteiger partial charge in [-0.2, -0.15) is 10.1 Å². The predicted octanol–water partition coefficient (Wildman–Crippen LogP) is 3.29. The van der Waals surface area contributed by atoms with Gasteiger partial charge in [0.05, 0.1) is 12.1 Å². The number of ether oxygens (including phenoxy) is 2. The van der Waals surface area contributed by atoms with Gasteiger partial charge in [-0.25, -0.2) is 9.07 Å². The highest BCUT2D eigenvalue weighted by Gasteiger charge is 2.30. The third-order valence-electron chi connectivity index (χ3n) is 4.68. The SMILES string of the molecule is Fc1ccc([C@H]2C[C@@H](c3ccc4c(c3)OCO4)Nc3ncnn32)cc1. The lowest BCUT2D eigenvalue weighted by atomic mass is 9.93. The van der Waals surface area contributed by atoms with Crippen molar-refractivity contribution in [3.05, 3.63) is 65.7 Å². The molecule has 126 valence electrons. The van der Waals surface area contributed by atoms with E-state index in [9.17, 15) is 4.39 Å². The van der Waals surface area contributed by atoms with Crippen LogP contribution in [0.15, 0.2) is 48.8 Å². The molecule has 0 fully saturated rings. The Hall–Kier alpha value is -3.09. The van der Waals surface area contributed by atoms with Gasteiger partial charge in [0.15, 0.2) is 11.5 Å². The van der Waals surface area contributed by atoms with E-state index in [0.717, 1.165) is 29.0 Å². The predicted molar refractivity (Wildman–Crippen MR) is 88.1 cm³/mol. The van der Waals surface area contributed by atoms with E-state index in [0.29, 0.717) is 5.95 Å². The Bertz CT molecular complexity index is 925. The number of nitrogens with zero attached hydrogens (tertiary/aromatic N) is 3. The van der Waals surface area contributed by atoms with Crippen LogP contribution in [0.4, 0.5) is 10.3 Å². The molecule has 1 N–H and O–H groups in total. The van der Waals surface area contributed by atoms with E-state index < -0.39 is 0 Å². The number of fused-ring (bicyclic) bond motifs is 2. The minimum absolute atomic E-state index is 0.0187. The first-order valence-electron chi connectivity index (χ1n) is 8.09. The third kappa shape index (κ3) is 2.39. The molecule has 1 aromatic heterocycles. The van der Waals surface area contributed by atoms with E-state index in [2.05, 4.69) is 15.4 Å². The maximum atomic E-state index is 13.3. The molecule has 7 heteroatoms. The summed E-state index contributed by atoms with van der Waals surface area (Å²) in [7, 11) is 0. The summed E-state index contributed by atoms with van der Waals surface area (Å²) in [5.74, 6) is 1.97. The molecule has 0 bridgehead atoms. The molecule has 0 spiro atoms. The molecule has 0 radical (unpaired) electrons.